The Labute approximate surface area is 149 Å². The first kappa shape index (κ1) is 16.5. The van der Waals surface area contributed by atoms with E-state index in [1.165, 1.54) is 12.5 Å². The molecule has 0 saturated carbocycles. The van der Waals surface area contributed by atoms with Gasteiger partial charge in [0, 0.05) is 11.8 Å². The van der Waals surface area contributed by atoms with E-state index in [0.29, 0.717) is 11.4 Å². The van der Waals surface area contributed by atoms with Crippen molar-refractivity contribution >= 4 is 28.9 Å². The Morgan fingerprint density at radius 2 is 1.80 bits per heavy atom. The van der Waals surface area contributed by atoms with Gasteiger partial charge in [-0.15, -0.1) is 5.10 Å². The maximum absolute atomic E-state index is 12.0. The molecule has 0 spiro atoms. The van der Waals surface area contributed by atoms with E-state index in [-0.39, 0.29) is 10.8 Å². The van der Waals surface area contributed by atoms with Gasteiger partial charge in [-0.3, -0.25) is 10.1 Å². The number of para-hydroxylation sites is 1. The van der Waals surface area contributed by atoms with Crippen molar-refractivity contribution < 1.29 is 9.53 Å². The topological polar surface area (TPSA) is 89.0 Å². The lowest BCUT2D eigenvalue weighted by Gasteiger charge is -2.11. The average Bonchev–Trinajstić information content (AvgIpc) is 2.63. The van der Waals surface area contributed by atoms with Crippen LogP contribution in [0.3, 0.4) is 0 Å². The van der Waals surface area contributed by atoms with E-state index < -0.39 is 5.91 Å². The van der Waals surface area contributed by atoms with Crippen molar-refractivity contribution in [2.75, 3.05) is 5.32 Å². The summed E-state index contributed by atoms with van der Waals surface area (Å²) in [4.78, 5) is 15.8. The highest BCUT2D eigenvalue weighted by molar-refractivity contribution is 7.80. The molecule has 0 saturated heterocycles. The third-order valence-corrected chi connectivity index (χ3v) is 3.23. The Balaban J connectivity index is 1.62. The summed E-state index contributed by atoms with van der Waals surface area (Å²) in [5.41, 5.74) is 0.805. The summed E-state index contributed by atoms with van der Waals surface area (Å²) in [7, 11) is 0. The van der Waals surface area contributed by atoms with Gasteiger partial charge in [-0.1, -0.05) is 24.3 Å². The van der Waals surface area contributed by atoms with Crippen LogP contribution in [-0.2, 0) is 0 Å². The van der Waals surface area contributed by atoms with Crippen molar-refractivity contribution in [3.8, 4) is 11.5 Å². The molecule has 25 heavy (non-hydrogen) atoms. The van der Waals surface area contributed by atoms with E-state index in [0.717, 1.165) is 5.75 Å². The van der Waals surface area contributed by atoms with Crippen LogP contribution in [0, 0.1) is 0 Å². The van der Waals surface area contributed by atoms with E-state index >= 15 is 0 Å². The molecule has 3 rings (SSSR count). The Morgan fingerprint density at radius 3 is 2.56 bits per heavy atom. The van der Waals surface area contributed by atoms with Gasteiger partial charge in [-0.05, 0) is 36.5 Å². The van der Waals surface area contributed by atoms with Gasteiger partial charge in [0.15, 0.2) is 10.8 Å². The van der Waals surface area contributed by atoms with Gasteiger partial charge in [-0.25, -0.2) is 4.98 Å². The number of thiocarbonyl (C=S) groups is 1. The van der Waals surface area contributed by atoms with E-state index in [1.807, 2.05) is 48.5 Å². The van der Waals surface area contributed by atoms with Crippen molar-refractivity contribution in [2.45, 2.75) is 0 Å². The van der Waals surface area contributed by atoms with Crippen LogP contribution in [0.25, 0.3) is 0 Å². The first-order valence-electron chi connectivity index (χ1n) is 7.29. The van der Waals surface area contributed by atoms with Crippen molar-refractivity contribution in [3.63, 3.8) is 0 Å². The zero-order valence-corrected chi connectivity index (χ0v) is 13.7. The second-order valence-electron chi connectivity index (χ2n) is 4.84. The molecule has 7 nitrogen and oxygen atoms in total. The lowest BCUT2D eigenvalue weighted by Crippen LogP contribution is -2.34. The molecule has 124 valence electrons. The number of nitrogens with one attached hydrogen (secondary N) is 2. The fourth-order valence-electron chi connectivity index (χ4n) is 1.95. The fraction of sp³-hybridized carbons (Fsp3) is 0. The third-order valence-electron chi connectivity index (χ3n) is 3.03. The average molecular weight is 351 g/mol. The molecular formula is C17H13N5O2S. The molecule has 0 aliphatic heterocycles. The lowest BCUT2D eigenvalue weighted by atomic mass is 10.3. The summed E-state index contributed by atoms with van der Waals surface area (Å²) in [5, 5.41) is 12.7. The van der Waals surface area contributed by atoms with Crippen LogP contribution in [0.4, 0.5) is 5.69 Å². The SMILES string of the molecule is O=C(NC(=S)Nc1cccc(Oc2ccccc2)c1)c1cnncn1. The molecular weight excluding hydrogens is 338 g/mol. The highest BCUT2D eigenvalue weighted by Gasteiger charge is 2.09. The first-order valence-corrected chi connectivity index (χ1v) is 7.69. The monoisotopic (exact) mass is 351 g/mol. The maximum Gasteiger partial charge on any atom is 0.277 e. The van der Waals surface area contributed by atoms with Crippen LogP contribution in [-0.4, -0.2) is 26.2 Å². The molecule has 0 aliphatic carbocycles. The van der Waals surface area contributed by atoms with Crippen molar-refractivity contribution in [2.24, 2.45) is 0 Å². The molecule has 0 aliphatic rings. The van der Waals surface area contributed by atoms with Gasteiger partial charge < -0.3 is 10.1 Å². The van der Waals surface area contributed by atoms with Gasteiger partial charge in [0.2, 0.25) is 0 Å². The molecule has 0 bridgehead atoms. The minimum atomic E-state index is -0.468. The summed E-state index contributed by atoms with van der Waals surface area (Å²) in [5.74, 6) is 0.904. The molecule has 0 fully saturated rings. The molecule has 1 aromatic heterocycles. The van der Waals surface area contributed by atoms with Crippen LogP contribution in [0.15, 0.2) is 67.1 Å². The summed E-state index contributed by atoms with van der Waals surface area (Å²) < 4.78 is 5.76. The van der Waals surface area contributed by atoms with Crippen molar-refractivity contribution in [3.05, 3.63) is 72.8 Å². The number of carbonyl (C=O) groups excluding carboxylic acids is 1. The number of nitrogens with zero attached hydrogens (tertiary/aromatic N) is 3. The summed E-state index contributed by atoms with van der Waals surface area (Å²) in [6, 6.07) is 16.7. The smallest absolute Gasteiger partial charge is 0.277 e. The van der Waals surface area contributed by atoms with E-state index in [2.05, 4.69) is 25.8 Å². The molecule has 0 unspecified atom stereocenters. The van der Waals surface area contributed by atoms with Crippen molar-refractivity contribution in [1.29, 1.82) is 0 Å². The number of aromatic nitrogens is 3. The Morgan fingerprint density at radius 1 is 1.00 bits per heavy atom. The summed E-state index contributed by atoms with van der Waals surface area (Å²) >= 11 is 5.14. The zero-order chi connectivity index (χ0) is 17.5. The van der Waals surface area contributed by atoms with Crippen molar-refractivity contribution in [1.82, 2.24) is 20.5 Å². The summed E-state index contributed by atoms with van der Waals surface area (Å²) in [6.45, 7) is 0. The number of ether oxygens (including phenoxy) is 1. The Bertz CT molecular complexity index is 874. The largest absolute Gasteiger partial charge is 0.457 e. The van der Waals surface area contributed by atoms with E-state index in [9.17, 15) is 4.79 Å². The molecule has 1 amide bonds. The van der Waals surface area contributed by atoms with Crippen LogP contribution in [0.5, 0.6) is 11.5 Å². The second kappa shape index (κ2) is 7.93. The van der Waals surface area contributed by atoms with Crippen LogP contribution >= 0.6 is 12.2 Å². The number of anilines is 1. The Hall–Kier alpha value is -3.39. The first-order chi connectivity index (χ1) is 12.2. The van der Waals surface area contributed by atoms with Gasteiger partial charge in [0.1, 0.15) is 17.8 Å². The highest BCUT2D eigenvalue weighted by Crippen LogP contribution is 2.23. The number of hydrogen-bond acceptors (Lipinski definition) is 6. The Kier molecular flexibility index (Phi) is 5.22. The molecule has 2 aromatic carbocycles. The number of amides is 1. The predicted octanol–water partition coefficient (Wildman–Crippen LogP) is 2.79. The molecule has 8 heteroatoms. The van der Waals surface area contributed by atoms with Gasteiger partial charge >= 0.3 is 0 Å². The van der Waals surface area contributed by atoms with Crippen LogP contribution < -0.4 is 15.4 Å². The normalized spacial score (nSPS) is 9.92. The summed E-state index contributed by atoms with van der Waals surface area (Å²) in [6.07, 6.45) is 2.45. The fourth-order valence-corrected chi connectivity index (χ4v) is 2.16. The quantitative estimate of drug-likeness (QED) is 0.699. The van der Waals surface area contributed by atoms with Gasteiger partial charge in [-0.2, -0.15) is 5.10 Å². The molecule has 1 heterocycles. The van der Waals surface area contributed by atoms with Crippen LogP contribution in [0.1, 0.15) is 10.5 Å². The highest BCUT2D eigenvalue weighted by atomic mass is 32.1. The number of rotatable bonds is 4. The number of benzene rings is 2. The van der Waals surface area contributed by atoms with Crippen LogP contribution in [0.2, 0.25) is 0 Å². The molecule has 0 radical (unpaired) electrons. The van der Waals surface area contributed by atoms with Gasteiger partial charge in [0.25, 0.3) is 5.91 Å². The second-order valence-corrected chi connectivity index (χ2v) is 5.25. The lowest BCUT2D eigenvalue weighted by molar-refractivity contribution is 0.0972. The third kappa shape index (κ3) is 4.79. The number of hydrogen-bond donors (Lipinski definition) is 2. The number of carbonyl (C=O) groups is 1. The standard InChI is InChI=1S/C17H13N5O2S/c23-16(15-10-19-20-11-18-15)22-17(25)21-12-5-4-8-14(9-12)24-13-6-2-1-3-7-13/h1-11H,(H2,21,22,23,25). The molecule has 3 aromatic rings. The minimum absolute atomic E-state index is 0.125. The maximum atomic E-state index is 12.0. The molecule has 2 N–H and O–H groups in total. The van der Waals surface area contributed by atoms with E-state index in [1.54, 1.807) is 6.07 Å². The predicted molar refractivity (Wildman–Crippen MR) is 96.5 cm³/mol. The minimum Gasteiger partial charge on any atom is -0.457 e. The zero-order valence-electron chi connectivity index (χ0n) is 12.9. The molecule has 0 atom stereocenters. The van der Waals surface area contributed by atoms with Gasteiger partial charge in [0.05, 0.1) is 6.20 Å². The van der Waals surface area contributed by atoms with E-state index in [4.69, 9.17) is 17.0 Å².